The molecule has 8 heteroatoms. The summed E-state index contributed by atoms with van der Waals surface area (Å²) in [6.45, 7) is 10.1. The average molecular weight is 485 g/mol. The Kier molecular flexibility index (Phi) is 9.93. The maximum absolute atomic E-state index is 13.3. The van der Waals surface area contributed by atoms with Gasteiger partial charge in [0.25, 0.3) is 0 Å². The first kappa shape index (κ1) is 24.1. The summed E-state index contributed by atoms with van der Waals surface area (Å²) < 4.78 is 36.7. The van der Waals surface area contributed by atoms with Gasteiger partial charge in [0.2, 0.25) is 0 Å². The molecule has 0 amide bonds. The summed E-state index contributed by atoms with van der Waals surface area (Å²) in [5.41, 5.74) is 1.48. The maximum atomic E-state index is 13.3. The molecule has 0 radical (unpaired) electrons. The third-order valence-electron chi connectivity index (χ3n) is 3.58. The van der Waals surface area contributed by atoms with E-state index in [-0.39, 0.29) is 42.1 Å². The van der Waals surface area contributed by atoms with Gasteiger partial charge in [-0.2, -0.15) is 0 Å². The van der Waals surface area contributed by atoms with Crippen molar-refractivity contribution in [3.8, 4) is 0 Å². The lowest BCUT2D eigenvalue weighted by Crippen LogP contribution is -2.41. The molecule has 25 heavy (non-hydrogen) atoms. The van der Waals surface area contributed by atoms with Crippen LogP contribution in [0.25, 0.3) is 0 Å². The van der Waals surface area contributed by atoms with Crippen molar-refractivity contribution in [2.75, 3.05) is 18.8 Å². The zero-order chi connectivity index (χ0) is 18.4. The largest absolute Gasteiger partial charge is 0.357 e. The van der Waals surface area contributed by atoms with E-state index in [0.29, 0.717) is 24.6 Å². The van der Waals surface area contributed by atoms with Gasteiger partial charge < -0.3 is 10.6 Å². The van der Waals surface area contributed by atoms with Crippen LogP contribution in [-0.2, 0) is 16.4 Å². The molecule has 1 aromatic rings. The molecule has 1 rings (SSSR count). The predicted molar refractivity (Wildman–Crippen MR) is 113 cm³/mol. The highest BCUT2D eigenvalue weighted by atomic mass is 127. The SMILES string of the molecule is CCNC(=NCc1ccc(F)c(C)c1)NCCS(=O)(=O)C(C)(C)C.I. The van der Waals surface area contributed by atoms with Crippen LogP contribution in [-0.4, -0.2) is 38.0 Å². The normalized spacial score (nSPS) is 12.5. The molecule has 0 fully saturated rings. The fourth-order valence-corrected chi connectivity index (χ4v) is 2.91. The lowest BCUT2D eigenvalue weighted by atomic mass is 10.1. The van der Waals surface area contributed by atoms with E-state index in [4.69, 9.17) is 0 Å². The lowest BCUT2D eigenvalue weighted by molar-refractivity contribution is 0.559. The number of sulfone groups is 1. The lowest BCUT2D eigenvalue weighted by Gasteiger charge is -2.19. The molecule has 0 aliphatic rings. The smallest absolute Gasteiger partial charge is 0.191 e. The van der Waals surface area contributed by atoms with Crippen molar-refractivity contribution < 1.29 is 12.8 Å². The first-order valence-electron chi connectivity index (χ1n) is 8.06. The van der Waals surface area contributed by atoms with E-state index < -0.39 is 14.6 Å². The van der Waals surface area contributed by atoms with Crippen LogP contribution in [0, 0.1) is 12.7 Å². The van der Waals surface area contributed by atoms with E-state index in [0.717, 1.165) is 5.56 Å². The number of guanidine groups is 1. The minimum atomic E-state index is -3.17. The summed E-state index contributed by atoms with van der Waals surface area (Å²) in [6.07, 6.45) is 0. The highest BCUT2D eigenvalue weighted by molar-refractivity contribution is 14.0. The van der Waals surface area contributed by atoms with Gasteiger partial charge in [0.1, 0.15) is 5.82 Å². The van der Waals surface area contributed by atoms with Crippen molar-refractivity contribution in [3.05, 3.63) is 35.1 Å². The van der Waals surface area contributed by atoms with E-state index in [9.17, 15) is 12.8 Å². The quantitative estimate of drug-likeness (QED) is 0.369. The Morgan fingerprint density at radius 3 is 2.40 bits per heavy atom. The van der Waals surface area contributed by atoms with Gasteiger partial charge in [-0.3, -0.25) is 0 Å². The molecule has 1 aromatic carbocycles. The third-order valence-corrected chi connectivity index (χ3v) is 6.19. The van der Waals surface area contributed by atoms with Crippen molar-refractivity contribution in [1.29, 1.82) is 0 Å². The van der Waals surface area contributed by atoms with Crippen LogP contribution in [0.15, 0.2) is 23.2 Å². The van der Waals surface area contributed by atoms with Crippen molar-refractivity contribution in [3.63, 3.8) is 0 Å². The highest BCUT2D eigenvalue weighted by Crippen LogP contribution is 2.15. The van der Waals surface area contributed by atoms with Gasteiger partial charge in [-0.05, 0) is 51.8 Å². The van der Waals surface area contributed by atoms with Crippen LogP contribution in [0.5, 0.6) is 0 Å². The predicted octanol–water partition coefficient (Wildman–Crippen LogP) is 3.02. The number of rotatable bonds is 6. The molecule has 0 aliphatic heterocycles. The van der Waals surface area contributed by atoms with Crippen molar-refractivity contribution in [1.82, 2.24) is 10.6 Å². The molecule has 0 aliphatic carbocycles. The van der Waals surface area contributed by atoms with E-state index in [1.807, 2.05) is 6.92 Å². The summed E-state index contributed by atoms with van der Waals surface area (Å²) in [6, 6.07) is 4.88. The number of nitrogens with one attached hydrogen (secondary N) is 2. The van der Waals surface area contributed by atoms with Crippen molar-refractivity contribution >= 4 is 39.8 Å². The fraction of sp³-hybridized carbons (Fsp3) is 0.588. The van der Waals surface area contributed by atoms with Crippen LogP contribution in [0.2, 0.25) is 0 Å². The summed E-state index contributed by atoms with van der Waals surface area (Å²) in [4.78, 5) is 4.41. The molecule has 0 atom stereocenters. The van der Waals surface area contributed by atoms with Gasteiger partial charge in [-0.15, -0.1) is 24.0 Å². The van der Waals surface area contributed by atoms with E-state index in [2.05, 4.69) is 15.6 Å². The topological polar surface area (TPSA) is 70.6 Å². The van der Waals surface area contributed by atoms with Gasteiger partial charge in [-0.1, -0.05) is 12.1 Å². The number of nitrogens with zero attached hydrogens (tertiary/aromatic N) is 1. The van der Waals surface area contributed by atoms with Gasteiger partial charge >= 0.3 is 0 Å². The van der Waals surface area contributed by atoms with Crippen LogP contribution < -0.4 is 10.6 Å². The number of benzene rings is 1. The standard InChI is InChI=1S/C17H28FN3O2S.HI/c1-6-19-16(20-9-10-24(22,23)17(3,4)5)21-12-14-7-8-15(18)13(2)11-14;/h7-8,11H,6,9-10,12H2,1-5H3,(H2,19,20,21);1H. The number of aliphatic imine (C=N–C) groups is 1. The molecule has 0 heterocycles. The molecule has 5 nitrogen and oxygen atoms in total. The third kappa shape index (κ3) is 7.89. The van der Waals surface area contributed by atoms with E-state index in [1.54, 1.807) is 39.8 Å². The minimum Gasteiger partial charge on any atom is -0.357 e. The molecule has 0 bridgehead atoms. The molecule has 0 aromatic heterocycles. The Balaban J connectivity index is 0.00000576. The van der Waals surface area contributed by atoms with Crippen LogP contribution in [0.1, 0.15) is 38.8 Å². The van der Waals surface area contributed by atoms with Crippen LogP contribution in [0.4, 0.5) is 4.39 Å². The van der Waals surface area contributed by atoms with Gasteiger partial charge in [0.15, 0.2) is 15.8 Å². The molecule has 144 valence electrons. The zero-order valence-corrected chi connectivity index (χ0v) is 18.7. The Morgan fingerprint density at radius 2 is 1.88 bits per heavy atom. The van der Waals surface area contributed by atoms with Crippen molar-refractivity contribution in [2.24, 2.45) is 4.99 Å². The summed E-state index contributed by atoms with van der Waals surface area (Å²) in [5.74, 6) is 0.347. The van der Waals surface area contributed by atoms with Crippen molar-refractivity contribution in [2.45, 2.75) is 45.9 Å². The molecular formula is C17H29FIN3O2S. The molecule has 2 N–H and O–H groups in total. The fourth-order valence-electron chi connectivity index (χ4n) is 1.93. The van der Waals surface area contributed by atoms with Crippen LogP contribution >= 0.6 is 24.0 Å². The number of hydrogen-bond donors (Lipinski definition) is 2. The number of halogens is 2. The first-order valence-corrected chi connectivity index (χ1v) is 9.71. The van der Waals surface area contributed by atoms with Gasteiger partial charge in [0, 0.05) is 13.1 Å². The molecule has 0 saturated heterocycles. The molecule has 0 saturated carbocycles. The molecular weight excluding hydrogens is 456 g/mol. The second-order valence-electron chi connectivity index (χ2n) is 6.64. The summed E-state index contributed by atoms with van der Waals surface area (Å²) >= 11 is 0. The zero-order valence-electron chi connectivity index (χ0n) is 15.5. The van der Waals surface area contributed by atoms with Gasteiger partial charge in [-0.25, -0.2) is 17.8 Å². The molecule has 0 spiro atoms. The van der Waals surface area contributed by atoms with Crippen LogP contribution in [0.3, 0.4) is 0 Å². The van der Waals surface area contributed by atoms with E-state index >= 15 is 0 Å². The minimum absolute atomic E-state index is 0. The Morgan fingerprint density at radius 1 is 1.24 bits per heavy atom. The van der Waals surface area contributed by atoms with Gasteiger partial charge in [0.05, 0.1) is 17.0 Å². The average Bonchev–Trinajstić information content (AvgIpc) is 2.47. The highest BCUT2D eigenvalue weighted by Gasteiger charge is 2.28. The maximum Gasteiger partial charge on any atom is 0.191 e. The summed E-state index contributed by atoms with van der Waals surface area (Å²) in [7, 11) is -3.17. The number of hydrogen-bond acceptors (Lipinski definition) is 3. The Labute approximate surface area is 167 Å². The molecule has 0 unspecified atom stereocenters. The summed E-state index contributed by atoms with van der Waals surface area (Å²) in [5, 5.41) is 6.10. The monoisotopic (exact) mass is 485 g/mol. The number of aryl methyl sites for hydroxylation is 1. The second kappa shape index (κ2) is 10.3. The second-order valence-corrected chi connectivity index (χ2v) is 9.50. The van der Waals surface area contributed by atoms with E-state index in [1.165, 1.54) is 6.07 Å². The first-order chi connectivity index (χ1) is 11.1. The Hall–Kier alpha value is -0.900. The Bertz CT molecular complexity index is 686.